The summed E-state index contributed by atoms with van der Waals surface area (Å²) in [7, 11) is 1.60. The Morgan fingerprint density at radius 1 is 1.23 bits per heavy atom. The average molecular weight is 298 g/mol. The van der Waals surface area contributed by atoms with E-state index in [1.165, 1.54) is 42.5 Å². The number of anilines is 1. The van der Waals surface area contributed by atoms with E-state index in [-0.39, 0.29) is 17.2 Å². The number of phenols is 1. The van der Waals surface area contributed by atoms with Crippen LogP contribution in [0.5, 0.6) is 5.75 Å². The summed E-state index contributed by atoms with van der Waals surface area (Å²) in [5.74, 6) is -0.167. The van der Waals surface area contributed by atoms with Crippen molar-refractivity contribution < 1.29 is 14.8 Å². The molecule has 2 aromatic carbocycles. The molecule has 0 unspecified atom stereocenters. The molecule has 0 atom stereocenters. The van der Waals surface area contributed by atoms with Gasteiger partial charge >= 0.3 is 0 Å². The zero-order valence-electron chi connectivity index (χ0n) is 11.8. The van der Waals surface area contributed by atoms with Crippen molar-refractivity contribution in [2.24, 2.45) is 0 Å². The van der Waals surface area contributed by atoms with E-state index < -0.39 is 4.92 Å². The van der Waals surface area contributed by atoms with Crippen molar-refractivity contribution in [1.29, 1.82) is 0 Å². The quantitative estimate of drug-likeness (QED) is 0.382. The summed E-state index contributed by atoms with van der Waals surface area (Å²) in [5, 5.41) is 22.9. The second-order valence-electron chi connectivity index (χ2n) is 4.53. The standard InChI is InChI=1S/C16H14N2O4/c1-17-14-8-2-11(10-15(14)18(21)22)3-9-16(20)12-4-6-13(19)7-5-12/h2-10,17,19H,1H3/b9-3+. The average Bonchev–Trinajstić information content (AvgIpc) is 2.53. The predicted octanol–water partition coefficient (Wildman–Crippen LogP) is 3.24. The summed E-state index contributed by atoms with van der Waals surface area (Å²) in [6, 6.07) is 10.5. The van der Waals surface area contributed by atoms with Crippen LogP contribution in [0.1, 0.15) is 15.9 Å². The summed E-state index contributed by atoms with van der Waals surface area (Å²) < 4.78 is 0. The summed E-state index contributed by atoms with van der Waals surface area (Å²) in [6.07, 6.45) is 2.85. The minimum absolute atomic E-state index is 0.0540. The van der Waals surface area contributed by atoms with E-state index in [9.17, 15) is 20.0 Å². The van der Waals surface area contributed by atoms with E-state index in [1.807, 2.05) is 0 Å². The Balaban J connectivity index is 2.22. The fourth-order valence-electron chi connectivity index (χ4n) is 1.91. The Hall–Kier alpha value is -3.15. The number of carbonyl (C=O) groups excluding carboxylic acids is 1. The van der Waals surface area contributed by atoms with Crippen LogP contribution in [0.3, 0.4) is 0 Å². The van der Waals surface area contributed by atoms with Crippen molar-refractivity contribution in [3.63, 3.8) is 0 Å². The maximum atomic E-state index is 12.0. The number of aromatic hydroxyl groups is 1. The van der Waals surface area contributed by atoms with Gasteiger partial charge in [-0.05, 0) is 42.0 Å². The predicted molar refractivity (Wildman–Crippen MR) is 84.1 cm³/mol. The van der Waals surface area contributed by atoms with Gasteiger partial charge in [-0.2, -0.15) is 0 Å². The van der Waals surface area contributed by atoms with E-state index in [4.69, 9.17) is 0 Å². The SMILES string of the molecule is CNc1ccc(/C=C/C(=O)c2ccc(O)cc2)cc1[N+](=O)[O-]. The van der Waals surface area contributed by atoms with Crippen LogP contribution in [-0.4, -0.2) is 22.9 Å². The molecule has 0 aliphatic rings. The highest BCUT2D eigenvalue weighted by atomic mass is 16.6. The van der Waals surface area contributed by atoms with Crippen LogP contribution in [0.4, 0.5) is 11.4 Å². The highest BCUT2D eigenvalue weighted by Crippen LogP contribution is 2.25. The molecule has 0 amide bonds. The van der Waals surface area contributed by atoms with Gasteiger partial charge in [0.2, 0.25) is 0 Å². The number of hydrogen-bond acceptors (Lipinski definition) is 5. The molecule has 0 spiro atoms. The van der Waals surface area contributed by atoms with Crippen LogP contribution in [0, 0.1) is 10.1 Å². The Morgan fingerprint density at radius 3 is 2.50 bits per heavy atom. The molecule has 0 saturated carbocycles. The Labute approximate surface area is 126 Å². The lowest BCUT2D eigenvalue weighted by Crippen LogP contribution is -1.97. The highest BCUT2D eigenvalue weighted by Gasteiger charge is 2.12. The summed E-state index contributed by atoms with van der Waals surface area (Å²) in [6.45, 7) is 0. The van der Waals surface area contributed by atoms with Crippen LogP contribution < -0.4 is 5.32 Å². The number of carbonyl (C=O) groups is 1. The Bertz CT molecular complexity index is 736. The minimum atomic E-state index is -0.481. The molecular weight excluding hydrogens is 284 g/mol. The molecule has 6 nitrogen and oxygen atoms in total. The first kappa shape index (κ1) is 15.2. The Morgan fingerprint density at radius 2 is 1.91 bits per heavy atom. The number of phenolic OH excluding ortho intramolecular Hbond substituents is 1. The van der Waals surface area contributed by atoms with E-state index in [0.717, 1.165) is 0 Å². The van der Waals surface area contributed by atoms with Crippen LogP contribution >= 0.6 is 0 Å². The van der Waals surface area contributed by atoms with Crippen molar-refractivity contribution in [2.75, 3.05) is 12.4 Å². The first-order chi connectivity index (χ1) is 10.5. The maximum absolute atomic E-state index is 12.0. The van der Waals surface area contributed by atoms with Crippen LogP contribution in [-0.2, 0) is 0 Å². The van der Waals surface area contributed by atoms with Crippen molar-refractivity contribution in [3.8, 4) is 5.75 Å². The van der Waals surface area contributed by atoms with Gasteiger partial charge in [-0.15, -0.1) is 0 Å². The molecule has 22 heavy (non-hydrogen) atoms. The van der Waals surface area contributed by atoms with Gasteiger partial charge in [0.15, 0.2) is 5.78 Å². The van der Waals surface area contributed by atoms with Gasteiger partial charge in [-0.1, -0.05) is 12.1 Å². The lowest BCUT2D eigenvalue weighted by atomic mass is 10.1. The molecule has 2 N–H and O–H groups in total. The second kappa shape index (κ2) is 6.53. The molecule has 2 rings (SSSR count). The third-order valence-corrected chi connectivity index (χ3v) is 3.07. The molecule has 0 aliphatic carbocycles. The zero-order valence-corrected chi connectivity index (χ0v) is 11.8. The van der Waals surface area contributed by atoms with Gasteiger partial charge in [0, 0.05) is 18.7 Å². The summed E-state index contributed by atoms with van der Waals surface area (Å²) >= 11 is 0. The molecule has 0 aliphatic heterocycles. The minimum Gasteiger partial charge on any atom is -0.508 e. The molecule has 112 valence electrons. The maximum Gasteiger partial charge on any atom is 0.292 e. The van der Waals surface area contributed by atoms with Crippen molar-refractivity contribution >= 4 is 23.2 Å². The second-order valence-corrected chi connectivity index (χ2v) is 4.53. The number of nitrogens with one attached hydrogen (secondary N) is 1. The van der Waals surface area contributed by atoms with E-state index in [2.05, 4.69) is 5.32 Å². The Kier molecular flexibility index (Phi) is 4.53. The molecule has 0 heterocycles. The fourth-order valence-corrected chi connectivity index (χ4v) is 1.91. The number of rotatable bonds is 5. The van der Waals surface area contributed by atoms with Crippen molar-refractivity contribution in [3.05, 3.63) is 69.8 Å². The molecule has 0 fully saturated rings. The van der Waals surface area contributed by atoms with Gasteiger partial charge in [-0.25, -0.2) is 0 Å². The summed E-state index contributed by atoms with van der Waals surface area (Å²) in [5.41, 5.74) is 1.34. The third-order valence-electron chi connectivity index (χ3n) is 3.07. The van der Waals surface area contributed by atoms with Gasteiger partial charge in [0.25, 0.3) is 5.69 Å². The third kappa shape index (κ3) is 3.49. The molecule has 0 saturated heterocycles. The number of benzene rings is 2. The number of allylic oxidation sites excluding steroid dienone is 1. The number of hydrogen-bond donors (Lipinski definition) is 2. The van der Waals surface area contributed by atoms with Gasteiger partial charge in [0.1, 0.15) is 11.4 Å². The van der Waals surface area contributed by atoms with E-state index >= 15 is 0 Å². The number of ketones is 1. The van der Waals surface area contributed by atoms with Crippen LogP contribution in [0.2, 0.25) is 0 Å². The molecule has 0 radical (unpaired) electrons. The van der Waals surface area contributed by atoms with E-state index in [0.29, 0.717) is 16.8 Å². The van der Waals surface area contributed by atoms with E-state index in [1.54, 1.807) is 19.2 Å². The molecule has 0 bridgehead atoms. The number of nitrogens with zero attached hydrogens (tertiary/aromatic N) is 1. The van der Waals surface area contributed by atoms with Gasteiger partial charge < -0.3 is 10.4 Å². The number of nitro benzene ring substituents is 1. The highest BCUT2D eigenvalue weighted by molar-refractivity contribution is 6.06. The van der Waals surface area contributed by atoms with Crippen LogP contribution in [0.15, 0.2) is 48.5 Å². The van der Waals surface area contributed by atoms with Crippen molar-refractivity contribution in [2.45, 2.75) is 0 Å². The van der Waals surface area contributed by atoms with Gasteiger partial charge in [-0.3, -0.25) is 14.9 Å². The first-order valence-electron chi connectivity index (χ1n) is 6.49. The number of nitro groups is 1. The fraction of sp³-hybridized carbons (Fsp3) is 0.0625. The van der Waals surface area contributed by atoms with Crippen molar-refractivity contribution in [1.82, 2.24) is 0 Å². The summed E-state index contributed by atoms with van der Waals surface area (Å²) in [4.78, 5) is 22.5. The normalized spacial score (nSPS) is 10.6. The monoisotopic (exact) mass is 298 g/mol. The smallest absolute Gasteiger partial charge is 0.292 e. The zero-order chi connectivity index (χ0) is 16.1. The first-order valence-corrected chi connectivity index (χ1v) is 6.49. The molecule has 0 aromatic heterocycles. The molecular formula is C16H14N2O4. The van der Waals surface area contributed by atoms with Gasteiger partial charge in [0.05, 0.1) is 4.92 Å². The largest absolute Gasteiger partial charge is 0.508 e. The van der Waals surface area contributed by atoms with Crippen LogP contribution in [0.25, 0.3) is 6.08 Å². The molecule has 2 aromatic rings. The lowest BCUT2D eigenvalue weighted by Gasteiger charge is -2.02. The topological polar surface area (TPSA) is 92.5 Å². The molecule has 6 heteroatoms. The lowest BCUT2D eigenvalue weighted by molar-refractivity contribution is -0.383.